The summed E-state index contributed by atoms with van der Waals surface area (Å²) in [6, 6.07) is 6.84. The zero-order valence-electron chi connectivity index (χ0n) is 13.5. The molecular weight excluding hydrogens is 297 g/mol. The number of hydrogen-bond donors (Lipinski definition) is 1. The van der Waals surface area contributed by atoms with Crippen molar-refractivity contribution in [1.29, 1.82) is 0 Å². The van der Waals surface area contributed by atoms with Gasteiger partial charge in [0, 0.05) is 44.5 Å². The molecule has 0 aliphatic carbocycles. The highest BCUT2D eigenvalue weighted by molar-refractivity contribution is 5.74. The predicted molar refractivity (Wildman–Crippen MR) is 85.7 cm³/mol. The first-order valence-corrected chi connectivity index (χ1v) is 8.23. The summed E-state index contributed by atoms with van der Waals surface area (Å²) >= 11 is 0. The normalized spacial score (nSPS) is 23.7. The van der Waals surface area contributed by atoms with E-state index in [9.17, 15) is 9.18 Å². The van der Waals surface area contributed by atoms with Gasteiger partial charge in [-0.05, 0) is 26.0 Å². The highest BCUT2D eigenvalue weighted by Gasteiger charge is 2.30. The van der Waals surface area contributed by atoms with E-state index < -0.39 is 0 Å². The molecule has 2 fully saturated rings. The summed E-state index contributed by atoms with van der Waals surface area (Å²) in [6.45, 7) is 3.31. The van der Waals surface area contributed by atoms with Gasteiger partial charge in [-0.1, -0.05) is 18.2 Å². The first-order chi connectivity index (χ1) is 11.1. The highest BCUT2D eigenvalue weighted by Crippen LogP contribution is 2.26. The number of nitrogens with one attached hydrogen (secondary N) is 1. The quantitative estimate of drug-likeness (QED) is 0.906. The van der Waals surface area contributed by atoms with E-state index in [-0.39, 0.29) is 23.9 Å². The Labute approximate surface area is 136 Å². The summed E-state index contributed by atoms with van der Waals surface area (Å²) in [5.74, 6) is -0.212. The summed E-state index contributed by atoms with van der Waals surface area (Å²) in [7, 11) is 1.98. The first kappa shape index (κ1) is 16.2. The van der Waals surface area contributed by atoms with E-state index >= 15 is 0 Å². The number of nitrogens with zero attached hydrogens (tertiary/aromatic N) is 2. The van der Waals surface area contributed by atoms with Gasteiger partial charge in [-0.2, -0.15) is 0 Å². The SMILES string of the molecule is CN1CCN(C(=O)NC2CCOCC2)CC1c1ccccc1F. The number of piperazine rings is 1. The van der Waals surface area contributed by atoms with Crippen molar-refractivity contribution in [1.82, 2.24) is 15.1 Å². The van der Waals surface area contributed by atoms with E-state index in [1.807, 2.05) is 13.1 Å². The third-order valence-electron chi connectivity index (χ3n) is 4.75. The van der Waals surface area contributed by atoms with Crippen molar-refractivity contribution < 1.29 is 13.9 Å². The average molecular weight is 321 g/mol. The molecule has 1 N–H and O–H groups in total. The Kier molecular flexibility index (Phi) is 5.13. The Hall–Kier alpha value is -1.66. The van der Waals surface area contributed by atoms with E-state index in [1.165, 1.54) is 6.07 Å². The molecule has 0 aromatic heterocycles. The molecule has 0 bridgehead atoms. The molecule has 2 aliphatic rings. The van der Waals surface area contributed by atoms with Crippen LogP contribution in [-0.4, -0.2) is 61.8 Å². The minimum absolute atomic E-state index is 0.0497. The number of carbonyl (C=O) groups is 1. The summed E-state index contributed by atoms with van der Waals surface area (Å²) in [6.07, 6.45) is 1.71. The van der Waals surface area contributed by atoms with Gasteiger partial charge in [0.25, 0.3) is 0 Å². The number of rotatable bonds is 2. The van der Waals surface area contributed by atoms with Crippen molar-refractivity contribution in [3.63, 3.8) is 0 Å². The molecule has 2 heterocycles. The third kappa shape index (κ3) is 3.82. The smallest absolute Gasteiger partial charge is 0.317 e. The van der Waals surface area contributed by atoms with E-state index in [1.54, 1.807) is 17.0 Å². The molecule has 2 saturated heterocycles. The van der Waals surface area contributed by atoms with E-state index in [2.05, 4.69) is 10.2 Å². The van der Waals surface area contributed by atoms with Crippen molar-refractivity contribution in [3.8, 4) is 0 Å². The second-order valence-corrected chi connectivity index (χ2v) is 6.30. The molecule has 1 aromatic carbocycles. The maximum atomic E-state index is 14.1. The van der Waals surface area contributed by atoms with Crippen molar-refractivity contribution in [2.75, 3.05) is 39.9 Å². The van der Waals surface area contributed by atoms with Gasteiger partial charge in [0.05, 0.1) is 6.04 Å². The minimum Gasteiger partial charge on any atom is -0.381 e. The first-order valence-electron chi connectivity index (χ1n) is 8.23. The van der Waals surface area contributed by atoms with Crippen LogP contribution < -0.4 is 5.32 Å². The van der Waals surface area contributed by atoms with Crippen LogP contribution in [-0.2, 0) is 4.74 Å². The number of amides is 2. The maximum absolute atomic E-state index is 14.1. The fraction of sp³-hybridized carbons (Fsp3) is 0.588. The lowest BCUT2D eigenvalue weighted by molar-refractivity contribution is 0.0729. The number of ether oxygens (including phenoxy) is 1. The molecule has 126 valence electrons. The Bertz CT molecular complexity index is 548. The van der Waals surface area contributed by atoms with Gasteiger partial charge in [0.2, 0.25) is 0 Å². The van der Waals surface area contributed by atoms with Crippen LogP contribution >= 0.6 is 0 Å². The van der Waals surface area contributed by atoms with E-state index in [0.717, 1.165) is 19.4 Å². The highest BCUT2D eigenvalue weighted by atomic mass is 19.1. The number of urea groups is 1. The van der Waals surface area contributed by atoms with Crippen molar-refractivity contribution in [2.24, 2.45) is 0 Å². The molecule has 0 saturated carbocycles. The summed E-state index contributed by atoms with van der Waals surface area (Å²) in [5, 5.41) is 3.08. The summed E-state index contributed by atoms with van der Waals surface area (Å²) < 4.78 is 19.4. The van der Waals surface area contributed by atoms with Gasteiger partial charge in [0.15, 0.2) is 0 Å². The number of benzene rings is 1. The molecular formula is C17H24FN3O2. The molecule has 2 amide bonds. The number of hydrogen-bond acceptors (Lipinski definition) is 3. The third-order valence-corrected chi connectivity index (χ3v) is 4.75. The molecule has 0 spiro atoms. The Morgan fingerprint density at radius 1 is 1.26 bits per heavy atom. The topological polar surface area (TPSA) is 44.8 Å². The zero-order chi connectivity index (χ0) is 16.2. The van der Waals surface area contributed by atoms with Gasteiger partial charge in [-0.25, -0.2) is 9.18 Å². The van der Waals surface area contributed by atoms with Crippen LogP contribution in [0.4, 0.5) is 9.18 Å². The van der Waals surface area contributed by atoms with Crippen LogP contribution in [0.25, 0.3) is 0 Å². The molecule has 5 nitrogen and oxygen atoms in total. The molecule has 0 radical (unpaired) electrons. The molecule has 23 heavy (non-hydrogen) atoms. The van der Waals surface area contributed by atoms with Crippen LogP contribution in [0.5, 0.6) is 0 Å². The van der Waals surface area contributed by atoms with Crippen LogP contribution in [0, 0.1) is 5.82 Å². The molecule has 3 rings (SSSR count). The fourth-order valence-electron chi connectivity index (χ4n) is 3.25. The van der Waals surface area contributed by atoms with Crippen molar-refractivity contribution in [2.45, 2.75) is 24.9 Å². The largest absolute Gasteiger partial charge is 0.381 e. The van der Waals surface area contributed by atoms with E-state index in [0.29, 0.717) is 31.9 Å². The molecule has 1 aromatic rings. The van der Waals surface area contributed by atoms with Crippen LogP contribution in [0.1, 0.15) is 24.4 Å². The van der Waals surface area contributed by atoms with Crippen LogP contribution in [0.15, 0.2) is 24.3 Å². The summed E-state index contributed by atoms with van der Waals surface area (Å²) in [5.41, 5.74) is 0.651. The fourth-order valence-corrected chi connectivity index (χ4v) is 3.25. The molecule has 2 aliphatic heterocycles. The van der Waals surface area contributed by atoms with Gasteiger partial charge in [-0.15, -0.1) is 0 Å². The van der Waals surface area contributed by atoms with Gasteiger partial charge in [0.1, 0.15) is 5.82 Å². The lowest BCUT2D eigenvalue weighted by Gasteiger charge is -2.40. The maximum Gasteiger partial charge on any atom is 0.317 e. The second kappa shape index (κ2) is 7.27. The number of likely N-dealkylation sites (N-methyl/N-ethyl adjacent to an activating group) is 1. The molecule has 6 heteroatoms. The lowest BCUT2D eigenvalue weighted by Crippen LogP contribution is -2.54. The average Bonchev–Trinajstić information content (AvgIpc) is 2.57. The van der Waals surface area contributed by atoms with Crippen LogP contribution in [0.2, 0.25) is 0 Å². The minimum atomic E-state index is -0.212. The van der Waals surface area contributed by atoms with Gasteiger partial charge >= 0.3 is 6.03 Å². The molecule has 1 unspecified atom stereocenters. The van der Waals surface area contributed by atoms with Crippen LogP contribution in [0.3, 0.4) is 0 Å². The van der Waals surface area contributed by atoms with E-state index in [4.69, 9.17) is 4.74 Å². The Morgan fingerprint density at radius 3 is 2.74 bits per heavy atom. The van der Waals surface area contributed by atoms with Crippen molar-refractivity contribution in [3.05, 3.63) is 35.6 Å². The van der Waals surface area contributed by atoms with Gasteiger partial charge in [-0.3, -0.25) is 4.90 Å². The number of halogens is 1. The lowest BCUT2D eigenvalue weighted by atomic mass is 10.0. The number of carbonyl (C=O) groups excluding carboxylic acids is 1. The summed E-state index contributed by atoms with van der Waals surface area (Å²) in [4.78, 5) is 16.4. The Morgan fingerprint density at radius 2 is 2.00 bits per heavy atom. The predicted octanol–water partition coefficient (Wildman–Crippen LogP) is 2.00. The van der Waals surface area contributed by atoms with Gasteiger partial charge < -0.3 is 15.0 Å². The van der Waals surface area contributed by atoms with Crippen molar-refractivity contribution >= 4 is 6.03 Å². The Balaban J connectivity index is 1.65. The monoisotopic (exact) mass is 321 g/mol. The standard InChI is InChI=1S/C17H24FN3O2/c1-20-8-9-21(17(22)19-13-6-10-23-11-7-13)12-16(20)14-4-2-3-5-15(14)18/h2-5,13,16H,6-12H2,1H3,(H,19,22). The molecule has 1 atom stereocenters. The second-order valence-electron chi connectivity index (χ2n) is 6.30. The zero-order valence-corrected chi connectivity index (χ0v) is 13.5.